The minimum Gasteiger partial charge on any atom is -0.490 e. The first-order valence-electron chi connectivity index (χ1n) is 5.23. The summed E-state index contributed by atoms with van der Waals surface area (Å²) in [5, 5.41) is 19.4. The lowest BCUT2D eigenvalue weighted by Gasteiger charge is -2.22. The van der Waals surface area contributed by atoms with Crippen molar-refractivity contribution >= 4 is 11.6 Å². The second-order valence-corrected chi connectivity index (χ2v) is 4.42. The summed E-state index contributed by atoms with van der Waals surface area (Å²) in [5.41, 5.74) is -0.314. The predicted octanol–water partition coefficient (Wildman–Crippen LogP) is 2.37. The number of halogens is 1. The fourth-order valence-corrected chi connectivity index (χ4v) is 1.39. The van der Waals surface area contributed by atoms with Gasteiger partial charge in [0.1, 0.15) is 12.4 Å². The molecule has 1 unspecified atom stereocenters. The van der Waals surface area contributed by atoms with Crippen LogP contribution in [-0.2, 0) is 6.61 Å². The summed E-state index contributed by atoms with van der Waals surface area (Å²) in [5.74, 6) is 0.517. The van der Waals surface area contributed by atoms with Crippen LogP contribution in [0.25, 0.3) is 0 Å². The summed E-state index contributed by atoms with van der Waals surface area (Å²) in [6.07, 6.45) is 0.599. The summed E-state index contributed by atoms with van der Waals surface area (Å²) in [6, 6.07) is 5.17. The molecule has 16 heavy (non-hydrogen) atoms. The van der Waals surface area contributed by atoms with E-state index >= 15 is 0 Å². The van der Waals surface area contributed by atoms with Crippen molar-refractivity contribution in [1.82, 2.24) is 0 Å². The Morgan fingerprint density at radius 2 is 2.12 bits per heavy atom. The van der Waals surface area contributed by atoms with E-state index in [9.17, 15) is 5.11 Å². The quantitative estimate of drug-likeness (QED) is 0.836. The fourth-order valence-electron chi connectivity index (χ4n) is 1.16. The van der Waals surface area contributed by atoms with Gasteiger partial charge in [0.15, 0.2) is 0 Å². The van der Waals surface area contributed by atoms with Crippen LogP contribution in [0.2, 0.25) is 5.02 Å². The molecule has 0 amide bonds. The van der Waals surface area contributed by atoms with Crippen molar-refractivity contribution < 1.29 is 14.9 Å². The number of hydrogen-bond acceptors (Lipinski definition) is 3. The van der Waals surface area contributed by atoms with Gasteiger partial charge in [0.25, 0.3) is 0 Å². The summed E-state index contributed by atoms with van der Waals surface area (Å²) in [4.78, 5) is 0. The van der Waals surface area contributed by atoms with Gasteiger partial charge >= 0.3 is 0 Å². The number of ether oxygens (including phenoxy) is 1. The molecule has 0 aliphatic rings. The summed E-state index contributed by atoms with van der Waals surface area (Å²) >= 11 is 5.91. The molecule has 1 rings (SSSR count). The highest BCUT2D eigenvalue weighted by atomic mass is 35.5. The average molecular weight is 245 g/mol. The van der Waals surface area contributed by atoms with Gasteiger partial charge in [-0.15, -0.1) is 0 Å². The molecule has 0 fully saturated rings. The van der Waals surface area contributed by atoms with Crippen LogP contribution in [0.5, 0.6) is 5.75 Å². The Morgan fingerprint density at radius 1 is 1.44 bits per heavy atom. The van der Waals surface area contributed by atoms with E-state index in [2.05, 4.69) is 0 Å². The minimum atomic E-state index is -0.866. The fraction of sp³-hybridized carbons (Fsp3) is 0.500. The molecule has 0 aliphatic heterocycles. The van der Waals surface area contributed by atoms with Crippen molar-refractivity contribution in [3.63, 3.8) is 0 Å². The molecular formula is C12H17ClO3. The Labute approximate surface area is 101 Å². The normalized spacial score (nSPS) is 14.6. The molecular weight excluding hydrogens is 228 g/mol. The van der Waals surface area contributed by atoms with E-state index in [1.165, 1.54) is 0 Å². The van der Waals surface area contributed by atoms with Crippen LogP contribution in [0.1, 0.15) is 25.8 Å². The Balaban J connectivity index is 2.78. The number of rotatable bonds is 5. The van der Waals surface area contributed by atoms with Crippen LogP contribution in [-0.4, -0.2) is 22.4 Å². The molecule has 1 aromatic carbocycles. The monoisotopic (exact) mass is 244 g/mol. The van der Waals surface area contributed by atoms with E-state index in [-0.39, 0.29) is 13.2 Å². The zero-order chi connectivity index (χ0) is 12.2. The third-order valence-corrected chi connectivity index (χ3v) is 2.89. The first-order valence-corrected chi connectivity index (χ1v) is 5.61. The average Bonchev–Trinajstić information content (AvgIpc) is 2.26. The SMILES string of the molecule is CCC(C)(O)COc1cccc(Cl)c1CO. The van der Waals surface area contributed by atoms with Gasteiger partial charge in [0.2, 0.25) is 0 Å². The van der Waals surface area contributed by atoms with Crippen LogP contribution in [0, 0.1) is 0 Å². The van der Waals surface area contributed by atoms with Crippen molar-refractivity contribution in [2.45, 2.75) is 32.5 Å². The molecule has 0 saturated carbocycles. The number of hydrogen-bond donors (Lipinski definition) is 2. The van der Waals surface area contributed by atoms with Gasteiger partial charge in [-0.2, -0.15) is 0 Å². The minimum absolute atomic E-state index is 0.177. The van der Waals surface area contributed by atoms with Crippen molar-refractivity contribution in [3.8, 4) is 5.75 Å². The predicted molar refractivity (Wildman–Crippen MR) is 63.8 cm³/mol. The highest BCUT2D eigenvalue weighted by Crippen LogP contribution is 2.27. The van der Waals surface area contributed by atoms with Crippen molar-refractivity contribution in [2.24, 2.45) is 0 Å². The Bertz CT molecular complexity index is 350. The maximum absolute atomic E-state index is 9.80. The van der Waals surface area contributed by atoms with Gasteiger partial charge < -0.3 is 14.9 Å². The van der Waals surface area contributed by atoms with E-state index < -0.39 is 5.60 Å². The van der Waals surface area contributed by atoms with Gasteiger partial charge in [-0.3, -0.25) is 0 Å². The Hall–Kier alpha value is -0.770. The molecule has 2 N–H and O–H groups in total. The second-order valence-electron chi connectivity index (χ2n) is 4.01. The first-order chi connectivity index (χ1) is 7.50. The van der Waals surface area contributed by atoms with Crippen molar-refractivity contribution in [3.05, 3.63) is 28.8 Å². The molecule has 0 radical (unpaired) electrons. The largest absolute Gasteiger partial charge is 0.490 e. The zero-order valence-corrected chi connectivity index (χ0v) is 10.3. The van der Waals surface area contributed by atoms with E-state index in [4.69, 9.17) is 21.4 Å². The van der Waals surface area contributed by atoms with E-state index in [0.717, 1.165) is 0 Å². The third kappa shape index (κ3) is 3.37. The summed E-state index contributed by atoms with van der Waals surface area (Å²) in [7, 11) is 0. The molecule has 0 bridgehead atoms. The zero-order valence-electron chi connectivity index (χ0n) is 9.53. The molecule has 0 spiro atoms. The van der Waals surface area contributed by atoms with E-state index in [1.54, 1.807) is 25.1 Å². The molecule has 0 heterocycles. The Morgan fingerprint density at radius 3 is 2.69 bits per heavy atom. The van der Waals surface area contributed by atoms with Crippen molar-refractivity contribution in [1.29, 1.82) is 0 Å². The summed E-state index contributed by atoms with van der Waals surface area (Å²) in [6.45, 7) is 3.59. The van der Waals surface area contributed by atoms with Crippen LogP contribution >= 0.6 is 11.6 Å². The lowest BCUT2D eigenvalue weighted by Crippen LogP contribution is -2.31. The molecule has 1 aromatic rings. The van der Waals surface area contributed by atoms with Gasteiger partial charge in [-0.1, -0.05) is 24.6 Å². The summed E-state index contributed by atoms with van der Waals surface area (Å²) < 4.78 is 5.47. The van der Waals surface area contributed by atoms with Gasteiger partial charge in [-0.05, 0) is 25.5 Å². The van der Waals surface area contributed by atoms with Gasteiger partial charge in [-0.25, -0.2) is 0 Å². The van der Waals surface area contributed by atoms with E-state index in [0.29, 0.717) is 22.8 Å². The lowest BCUT2D eigenvalue weighted by molar-refractivity contribution is 0.00784. The standard InChI is InChI=1S/C12H17ClO3/c1-3-12(2,15)8-16-11-6-4-5-10(13)9(11)7-14/h4-6,14-15H,3,7-8H2,1-2H3. The highest BCUT2D eigenvalue weighted by Gasteiger charge is 2.19. The molecule has 90 valence electrons. The van der Waals surface area contributed by atoms with Crippen LogP contribution in [0.4, 0.5) is 0 Å². The Kier molecular flexibility index (Phi) is 4.59. The molecule has 0 saturated heterocycles. The van der Waals surface area contributed by atoms with Gasteiger partial charge in [0, 0.05) is 10.6 Å². The number of aliphatic hydroxyl groups excluding tert-OH is 1. The highest BCUT2D eigenvalue weighted by molar-refractivity contribution is 6.31. The molecule has 1 atom stereocenters. The molecule has 0 aliphatic carbocycles. The van der Waals surface area contributed by atoms with Crippen LogP contribution in [0.3, 0.4) is 0 Å². The second kappa shape index (κ2) is 5.53. The first kappa shape index (κ1) is 13.3. The number of benzene rings is 1. The maximum Gasteiger partial charge on any atom is 0.126 e. The van der Waals surface area contributed by atoms with E-state index in [1.807, 2.05) is 6.92 Å². The molecule has 4 heteroatoms. The van der Waals surface area contributed by atoms with Crippen molar-refractivity contribution in [2.75, 3.05) is 6.61 Å². The maximum atomic E-state index is 9.80. The lowest BCUT2D eigenvalue weighted by atomic mass is 10.1. The van der Waals surface area contributed by atoms with Crippen LogP contribution < -0.4 is 4.74 Å². The number of aliphatic hydroxyl groups is 2. The van der Waals surface area contributed by atoms with Crippen LogP contribution in [0.15, 0.2) is 18.2 Å². The molecule has 3 nitrogen and oxygen atoms in total. The topological polar surface area (TPSA) is 49.7 Å². The smallest absolute Gasteiger partial charge is 0.126 e. The van der Waals surface area contributed by atoms with Gasteiger partial charge in [0.05, 0.1) is 12.2 Å². The third-order valence-electron chi connectivity index (χ3n) is 2.53. The molecule has 0 aromatic heterocycles.